The van der Waals surface area contributed by atoms with Crippen LogP contribution in [0, 0.1) is 0 Å². The number of azide groups is 1. The van der Waals surface area contributed by atoms with Crippen LogP contribution in [0.15, 0.2) is 59.7 Å². The lowest BCUT2D eigenvalue weighted by Gasteiger charge is -2.17. The van der Waals surface area contributed by atoms with Gasteiger partial charge in [0.2, 0.25) is 10.0 Å². The maximum Gasteiger partial charge on any atom is 0.245 e. The average molecular weight is 425 g/mol. The maximum absolute atomic E-state index is 12.4. The normalized spacial score (nSPS) is 12.2. The van der Waals surface area contributed by atoms with Crippen LogP contribution >= 0.6 is 16.1 Å². The number of aliphatic hydroxyl groups is 1. The zero-order valence-electron chi connectivity index (χ0n) is 13.2. The fourth-order valence-corrected chi connectivity index (χ4v) is 3.93. The molecule has 0 aliphatic rings. The summed E-state index contributed by atoms with van der Waals surface area (Å²) in [6, 6.07) is 15.7. The zero-order chi connectivity index (χ0) is 18.3. The molecule has 0 radical (unpaired) electrons. The van der Waals surface area contributed by atoms with Crippen LogP contribution in [0.4, 0.5) is 5.69 Å². The monoisotopic (exact) mass is 424 g/mol. The summed E-state index contributed by atoms with van der Waals surface area (Å²) in [6.45, 7) is -0.0801. The number of benzene rings is 2. The number of hydrogen-bond donors (Lipinski definition) is 1. The lowest BCUT2D eigenvalue weighted by atomic mass is 10.1. The first kappa shape index (κ1) is 19.3. The summed E-state index contributed by atoms with van der Waals surface area (Å²) in [5.74, 6) is -0.0382. The van der Waals surface area contributed by atoms with E-state index in [1.807, 2.05) is 30.3 Å². The molecule has 2 aromatic carbocycles. The van der Waals surface area contributed by atoms with Gasteiger partial charge in [-0.15, -0.1) is 0 Å². The van der Waals surface area contributed by atoms with Crippen molar-refractivity contribution in [2.75, 3.05) is 15.6 Å². The molecule has 2 rings (SSSR count). The van der Waals surface area contributed by atoms with E-state index in [9.17, 15) is 13.5 Å². The van der Waals surface area contributed by atoms with Gasteiger partial charge in [0.25, 0.3) is 0 Å². The standard InChI is InChI=1S/C16H17BrN4O3S/c17-21(25(23,24)11-10-13-4-2-1-3-5-13)15-8-6-14(7-9-15)16(22)12-19-20-18/h1-9,16,22H,10-12H2/t16-/m0/s1. The molecule has 0 spiro atoms. The van der Waals surface area contributed by atoms with Crippen molar-refractivity contribution < 1.29 is 13.5 Å². The fourth-order valence-electron chi connectivity index (χ4n) is 2.17. The summed E-state index contributed by atoms with van der Waals surface area (Å²) in [4.78, 5) is 2.59. The predicted molar refractivity (Wildman–Crippen MR) is 101 cm³/mol. The molecular formula is C16H17BrN4O3S. The van der Waals surface area contributed by atoms with E-state index in [0.29, 0.717) is 17.7 Å². The first-order chi connectivity index (χ1) is 11.9. The third kappa shape index (κ3) is 5.47. The molecule has 0 aromatic heterocycles. The van der Waals surface area contributed by atoms with Gasteiger partial charge in [-0.1, -0.05) is 47.6 Å². The third-order valence-electron chi connectivity index (χ3n) is 3.53. The lowest BCUT2D eigenvalue weighted by molar-refractivity contribution is 0.187. The molecule has 0 aliphatic heterocycles. The van der Waals surface area contributed by atoms with Crippen LogP contribution in [-0.2, 0) is 16.4 Å². The van der Waals surface area contributed by atoms with E-state index in [1.54, 1.807) is 24.3 Å². The van der Waals surface area contributed by atoms with E-state index < -0.39 is 16.1 Å². The topological polar surface area (TPSA) is 106 Å². The van der Waals surface area contributed by atoms with Gasteiger partial charge in [-0.2, -0.15) is 0 Å². The minimum Gasteiger partial charge on any atom is -0.388 e. The van der Waals surface area contributed by atoms with Gasteiger partial charge in [0.1, 0.15) is 0 Å². The highest BCUT2D eigenvalue weighted by atomic mass is 79.9. The lowest BCUT2D eigenvalue weighted by Crippen LogP contribution is -2.24. The fraction of sp³-hybridized carbons (Fsp3) is 0.250. The average Bonchev–Trinajstić information content (AvgIpc) is 2.65. The number of sulfonamides is 1. The number of nitrogens with zero attached hydrogens (tertiary/aromatic N) is 4. The van der Waals surface area contributed by atoms with Crippen LogP contribution in [0.25, 0.3) is 10.4 Å². The molecule has 2 aromatic rings. The number of aliphatic hydroxyl groups excluding tert-OH is 1. The molecule has 0 fully saturated rings. The Balaban J connectivity index is 2.05. The van der Waals surface area contributed by atoms with Crippen molar-refractivity contribution in [3.8, 4) is 0 Å². The molecule has 1 atom stereocenters. The molecule has 9 heteroatoms. The van der Waals surface area contributed by atoms with Crippen molar-refractivity contribution in [3.63, 3.8) is 0 Å². The van der Waals surface area contributed by atoms with Crippen LogP contribution in [0.2, 0.25) is 0 Å². The Morgan fingerprint density at radius 3 is 2.40 bits per heavy atom. The van der Waals surface area contributed by atoms with Gasteiger partial charge in [0.15, 0.2) is 0 Å². The van der Waals surface area contributed by atoms with E-state index in [-0.39, 0.29) is 12.3 Å². The van der Waals surface area contributed by atoms with Crippen molar-refractivity contribution in [2.24, 2.45) is 5.11 Å². The third-order valence-corrected chi connectivity index (χ3v) is 6.69. The molecule has 0 aliphatic carbocycles. The molecule has 0 unspecified atom stereocenters. The van der Waals surface area contributed by atoms with E-state index in [1.165, 1.54) is 0 Å². The quantitative estimate of drug-likeness (QED) is 0.302. The molecule has 1 N–H and O–H groups in total. The summed E-state index contributed by atoms with van der Waals surface area (Å²) < 4.78 is 25.9. The smallest absolute Gasteiger partial charge is 0.245 e. The van der Waals surface area contributed by atoms with Crippen molar-refractivity contribution >= 4 is 31.9 Å². The van der Waals surface area contributed by atoms with E-state index >= 15 is 0 Å². The van der Waals surface area contributed by atoms with Crippen molar-refractivity contribution in [1.29, 1.82) is 0 Å². The van der Waals surface area contributed by atoms with E-state index in [2.05, 4.69) is 26.2 Å². The highest BCUT2D eigenvalue weighted by molar-refractivity contribution is 9.11. The summed E-state index contributed by atoms with van der Waals surface area (Å²) in [5.41, 5.74) is 10.2. The van der Waals surface area contributed by atoms with Crippen LogP contribution in [0.5, 0.6) is 0 Å². The van der Waals surface area contributed by atoms with Gasteiger partial charge in [0, 0.05) is 4.91 Å². The molecular weight excluding hydrogens is 408 g/mol. The number of anilines is 1. The summed E-state index contributed by atoms with van der Waals surface area (Å²) in [5, 5.41) is 13.2. The number of halogens is 1. The van der Waals surface area contributed by atoms with Gasteiger partial charge in [-0.25, -0.2) is 11.7 Å². The van der Waals surface area contributed by atoms with Crippen LogP contribution in [0.3, 0.4) is 0 Å². The van der Waals surface area contributed by atoms with Gasteiger partial charge >= 0.3 is 0 Å². The Bertz CT molecular complexity index is 837. The Morgan fingerprint density at radius 2 is 1.80 bits per heavy atom. The molecule has 0 heterocycles. The van der Waals surface area contributed by atoms with Crippen molar-refractivity contribution in [1.82, 2.24) is 0 Å². The second kappa shape index (κ2) is 8.87. The van der Waals surface area contributed by atoms with Gasteiger partial charge in [-0.05, 0) is 35.2 Å². The molecule has 0 amide bonds. The van der Waals surface area contributed by atoms with Crippen LogP contribution in [0.1, 0.15) is 17.2 Å². The Kier molecular flexibility index (Phi) is 6.83. The van der Waals surface area contributed by atoms with Crippen molar-refractivity contribution in [3.05, 3.63) is 76.2 Å². The Hall–Kier alpha value is -2.06. The molecule has 0 saturated heterocycles. The van der Waals surface area contributed by atoms with E-state index in [0.717, 1.165) is 8.89 Å². The SMILES string of the molecule is [N-]=[N+]=NC[C@H](O)c1ccc(N(Br)S(=O)(=O)CCc2ccccc2)cc1. The minimum atomic E-state index is -3.54. The minimum absolute atomic E-state index is 0.0382. The van der Waals surface area contributed by atoms with Crippen molar-refractivity contribution in [2.45, 2.75) is 12.5 Å². The second-order valence-electron chi connectivity index (χ2n) is 5.29. The first-order valence-corrected chi connectivity index (χ1v) is 9.77. The highest BCUT2D eigenvalue weighted by Crippen LogP contribution is 2.25. The molecule has 132 valence electrons. The predicted octanol–water partition coefficient (Wildman–Crippen LogP) is 3.72. The van der Waals surface area contributed by atoms with Gasteiger partial charge < -0.3 is 5.11 Å². The largest absolute Gasteiger partial charge is 0.388 e. The second-order valence-corrected chi connectivity index (χ2v) is 8.40. The molecule has 0 saturated carbocycles. The first-order valence-electron chi connectivity index (χ1n) is 7.45. The van der Waals surface area contributed by atoms with E-state index in [4.69, 9.17) is 5.53 Å². The Morgan fingerprint density at radius 1 is 1.16 bits per heavy atom. The molecule has 0 bridgehead atoms. The number of hydrogen-bond acceptors (Lipinski definition) is 4. The zero-order valence-corrected chi connectivity index (χ0v) is 15.6. The van der Waals surface area contributed by atoms with Crippen LogP contribution < -0.4 is 3.33 Å². The summed E-state index contributed by atoms with van der Waals surface area (Å²) >= 11 is 3.10. The number of aryl methyl sites for hydroxylation is 1. The molecule has 7 nitrogen and oxygen atoms in total. The highest BCUT2D eigenvalue weighted by Gasteiger charge is 2.20. The number of rotatable bonds is 8. The van der Waals surface area contributed by atoms with Gasteiger partial charge in [-0.3, -0.25) is 0 Å². The van der Waals surface area contributed by atoms with Crippen LogP contribution in [-0.4, -0.2) is 25.8 Å². The summed E-state index contributed by atoms with van der Waals surface area (Å²) in [6.07, 6.45) is -0.516. The summed E-state index contributed by atoms with van der Waals surface area (Å²) in [7, 11) is -3.54. The van der Waals surface area contributed by atoms with Gasteiger partial charge in [0.05, 0.1) is 40.2 Å². The Labute approximate surface area is 154 Å². The maximum atomic E-state index is 12.4. The molecule has 25 heavy (non-hydrogen) atoms.